The minimum atomic E-state index is -0.0121. The molecular formula is C11H22N2OS. The van der Waals surface area contributed by atoms with Crippen molar-refractivity contribution in [3.63, 3.8) is 0 Å². The zero-order valence-corrected chi connectivity index (χ0v) is 10.5. The normalized spacial score (nSPS) is 14.5. The Bertz CT molecular complexity index is 182. The van der Waals surface area contributed by atoms with Crippen LogP contribution < -0.4 is 5.32 Å². The highest BCUT2D eigenvalue weighted by Crippen LogP contribution is 2.10. The largest absolute Gasteiger partial charge is 0.396 e. The number of hydrogen-bond donors (Lipinski definition) is 2. The van der Waals surface area contributed by atoms with Crippen molar-refractivity contribution in [1.82, 2.24) is 5.32 Å². The monoisotopic (exact) mass is 230 g/mol. The lowest BCUT2D eigenvalue weighted by Gasteiger charge is -2.11. The van der Waals surface area contributed by atoms with Crippen molar-refractivity contribution in [2.45, 2.75) is 32.7 Å². The van der Waals surface area contributed by atoms with E-state index >= 15 is 0 Å². The van der Waals surface area contributed by atoms with Crippen LogP contribution in [0.5, 0.6) is 0 Å². The molecule has 0 bridgehead atoms. The van der Waals surface area contributed by atoms with Gasteiger partial charge in [0.1, 0.15) is 0 Å². The molecule has 0 aliphatic rings. The van der Waals surface area contributed by atoms with E-state index in [4.69, 9.17) is 10.4 Å². The molecule has 15 heavy (non-hydrogen) atoms. The van der Waals surface area contributed by atoms with Crippen molar-refractivity contribution in [2.24, 2.45) is 5.92 Å². The van der Waals surface area contributed by atoms with Gasteiger partial charge in [0, 0.05) is 6.61 Å². The van der Waals surface area contributed by atoms with Crippen LogP contribution in [0.1, 0.15) is 26.7 Å². The maximum Gasteiger partial charge on any atom is 0.0960 e. The third kappa shape index (κ3) is 8.73. The molecule has 2 unspecified atom stereocenters. The van der Waals surface area contributed by atoms with Crippen molar-refractivity contribution < 1.29 is 5.11 Å². The topological polar surface area (TPSA) is 56.0 Å². The van der Waals surface area contributed by atoms with Crippen molar-refractivity contribution in [3.05, 3.63) is 0 Å². The van der Waals surface area contributed by atoms with Crippen LogP contribution in [0, 0.1) is 17.2 Å². The quantitative estimate of drug-likeness (QED) is 0.591. The molecule has 0 aromatic rings. The summed E-state index contributed by atoms with van der Waals surface area (Å²) in [4.78, 5) is 0. The summed E-state index contributed by atoms with van der Waals surface area (Å²) in [6.45, 7) is 5.29. The lowest BCUT2D eigenvalue weighted by atomic mass is 10.2. The first-order valence-electron chi connectivity index (χ1n) is 5.56. The summed E-state index contributed by atoms with van der Waals surface area (Å²) in [5, 5.41) is 20.9. The van der Waals surface area contributed by atoms with E-state index in [1.54, 1.807) is 0 Å². The molecule has 0 amide bonds. The standard InChI is InChI=1S/C11H22N2OS/c1-3-5-13-11(7-12)4-6-15-9-10(2)8-14/h10-11,13-14H,3-6,8-9H2,1-2H3. The molecule has 88 valence electrons. The fourth-order valence-corrected chi connectivity index (χ4v) is 2.15. The molecule has 0 spiro atoms. The molecule has 0 radical (unpaired) electrons. The number of nitrogens with zero attached hydrogens (tertiary/aromatic N) is 1. The van der Waals surface area contributed by atoms with Gasteiger partial charge in [-0.3, -0.25) is 0 Å². The van der Waals surface area contributed by atoms with Crippen LogP contribution in [0.2, 0.25) is 0 Å². The Kier molecular flexibility index (Phi) is 10.1. The summed E-state index contributed by atoms with van der Waals surface area (Å²) >= 11 is 1.81. The van der Waals surface area contributed by atoms with Crippen molar-refractivity contribution in [1.29, 1.82) is 5.26 Å². The van der Waals surface area contributed by atoms with Gasteiger partial charge in [0.25, 0.3) is 0 Å². The van der Waals surface area contributed by atoms with E-state index in [-0.39, 0.29) is 12.6 Å². The molecule has 0 aliphatic carbocycles. The van der Waals surface area contributed by atoms with Crippen LogP contribution in [0.25, 0.3) is 0 Å². The molecular weight excluding hydrogens is 208 g/mol. The lowest BCUT2D eigenvalue weighted by molar-refractivity contribution is 0.250. The minimum Gasteiger partial charge on any atom is -0.396 e. The van der Waals surface area contributed by atoms with Crippen LogP contribution in [-0.4, -0.2) is 35.8 Å². The Hall–Kier alpha value is -0.240. The van der Waals surface area contributed by atoms with E-state index in [9.17, 15) is 0 Å². The maximum absolute atomic E-state index is 8.85. The molecule has 0 fully saturated rings. The van der Waals surface area contributed by atoms with Crippen LogP contribution in [0.3, 0.4) is 0 Å². The van der Waals surface area contributed by atoms with Crippen LogP contribution in [0.15, 0.2) is 0 Å². The fraction of sp³-hybridized carbons (Fsp3) is 0.909. The average Bonchev–Trinajstić information content (AvgIpc) is 2.27. The van der Waals surface area contributed by atoms with Gasteiger partial charge in [0.15, 0.2) is 0 Å². The smallest absolute Gasteiger partial charge is 0.0960 e. The fourth-order valence-electron chi connectivity index (χ4n) is 1.07. The summed E-state index contributed by atoms with van der Waals surface area (Å²) in [6.07, 6.45) is 1.95. The zero-order valence-electron chi connectivity index (χ0n) is 9.70. The maximum atomic E-state index is 8.85. The molecule has 0 saturated carbocycles. The lowest BCUT2D eigenvalue weighted by Crippen LogP contribution is -2.28. The highest BCUT2D eigenvalue weighted by Gasteiger charge is 2.06. The van der Waals surface area contributed by atoms with Gasteiger partial charge < -0.3 is 10.4 Å². The number of nitrogens with one attached hydrogen (secondary N) is 1. The SMILES string of the molecule is CCCNC(C#N)CCSCC(C)CO. The number of nitriles is 1. The van der Waals surface area contributed by atoms with E-state index in [1.165, 1.54) is 0 Å². The summed E-state index contributed by atoms with van der Waals surface area (Å²) in [5.74, 6) is 2.32. The van der Waals surface area contributed by atoms with Crippen molar-refractivity contribution in [3.8, 4) is 6.07 Å². The van der Waals surface area contributed by atoms with E-state index in [0.29, 0.717) is 5.92 Å². The molecule has 4 heteroatoms. The third-order valence-electron chi connectivity index (χ3n) is 2.06. The summed E-state index contributed by atoms with van der Waals surface area (Å²) < 4.78 is 0. The molecule has 0 aliphatic heterocycles. The van der Waals surface area contributed by atoms with Crippen LogP contribution in [-0.2, 0) is 0 Å². The molecule has 2 atom stereocenters. The Morgan fingerprint density at radius 1 is 1.53 bits per heavy atom. The number of rotatable bonds is 9. The van der Waals surface area contributed by atoms with Gasteiger partial charge in [0.2, 0.25) is 0 Å². The van der Waals surface area contributed by atoms with E-state index in [1.807, 2.05) is 18.7 Å². The predicted octanol–water partition coefficient (Wildman–Crippen LogP) is 1.63. The van der Waals surface area contributed by atoms with Gasteiger partial charge in [-0.1, -0.05) is 13.8 Å². The first kappa shape index (κ1) is 14.8. The molecule has 0 aromatic carbocycles. The second-order valence-electron chi connectivity index (χ2n) is 3.79. The van der Waals surface area contributed by atoms with Gasteiger partial charge in [0.05, 0.1) is 12.1 Å². The van der Waals surface area contributed by atoms with Crippen molar-refractivity contribution in [2.75, 3.05) is 24.7 Å². The molecule has 3 nitrogen and oxygen atoms in total. The van der Waals surface area contributed by atoms with E-state index in [2.05, 4.69) is 18.3 Å². The highest BCUT2D eigenvalue weighted by molar-refractivity contribution is 7.99. The molecule has 0 rings (SSSR count). The van der Waals surface area contributed by atoms with Gasteiger partial charge in [-0.15, -0.1) is 0 Å². The number of thioether (sulfide) groups is 1. The van der Waals surface area contributed by atoms with E-state index < -0.39 is 0 Å². The Morgan fingerprint density at radius 3 is 2.80 bits per heavy atom. The Labute approximate surface area is 97.2 Å². The third-order valence-corrected chi connectivity index (χ3v) is 3.39. The van der Waals surface area contributed by atoms with Gasteiger partial charge >= 0.3 is 0 Å². The highest BCUT2D eigenvalue weighted by atomic mass is 32.2. The van der Waals surface area contributed by atoms with Crippen LogP contribution in [0.4, 0.5) is 0 Å². The van der Waals surface area contributed by atoms with Gasteiger partial charge in [-0.25, -0.2) is 0 Å². The zero-order chi connectivity index (χ0) is 11.5. The first-order valence-corrected chi connectivity index (χ1v) is 6.71. The number of aliphatic hydroxyl groups excluding tert-OH is 1. The average molecular weight is 230 g/mol. The molecule has 0 saturated heterocycles. The van der Waals surface area contributed by atoms with Gasteiger partial charge in [-0.2, -0.15) is 17.0 Å². The predicted molar refractivity (Wildman–Crippen MR) is 65.9 cm³/mol. The number of hydrogen-bond acceptors (Lipinski definition) is 4. The molecule has 0 heterocycles. The molecule has 2 N–H and O–H groups in total. The Balaban J connectivity index is 3.43. The summed E-state index contributed by atoms with van der Waals surface area (Å²) in [7, 11) is 0. The Morgan fingerprint density at radius 2 is 2.27 bits per heavy atom. The molecule has 0 aromatic heterocycles. The summed E-state index contributed by atoms with van der Waals surface area (Å²) in [5.41, 5.74) is 0. The minimum absolute atomic E-state index is 0.0121. The van der Waals surface area contributed by atoms with Crippen molar-refractivity contribution >= 4 is 11.8 Å². The van der Waals surface area contributed by atoms with Crippen LogP contribution >= 0.6 is 11.8 Å². The second kappa shape index (κ2) is 10.3. The van der Waals surface area contributed by atoms with E-state index in [0.717, 1.165) is 30.9 Å². The van der Waals surface area contributed by atoms with Gasteiger partial charge in [-0.05, 0) is 36.8 Å². The summed E-state index contributed by atoms with van der Waals surface area (Å²) in [6, 6.07) is 2.25. The second-order valence-corrected chi connectivity index (χ2v) is 4.94. The first-order chi connectivity index (χ1) is 7.24. The number of aliphatic hydroxyl groups is 1.